The maximum atomic E-state index is 13.0. The molecule has 2 aromatic carbocycles. The van der Waals surface area contributed by atoms with E-state index in [2.05, 4.69) is 22.8 Å². The van der Waals surface area contributed by atoms with Crippen molar-refractivity contribution in [3.05, 3.63) is 84.0 Å². The van der Waals surface area contributed by atoms with Gasteiger partial charge in [-0.25, -0.2) is 4.39 Å². The number of halogens is 1. The van der Waals surface area contributed by atoms with Gasteiger partial charge in [0.1, 0.15) is 23.4 Å². The van der Waals surface area contributed by atoms with Crippen LogP contribution >= 0.6 is 11.8 Å². The van der Waals surface area contributed by atoms with Gasteiger partial charge < -0.3 is 4.74 Å². The number of hydrogen-bond donors (Lipinski definition) is 0. The Labute approximate surface area is 173 Å². The molecule has 148 valence electrons. The van der Waals surface area contributed by atoms with Gasteiger partial charge in [-0.05, 0) is 43.2 Å². The van der Waals surface area contributed by atoms with Crippen LogP contribution < -0.4 is 4.74 Å². The smallest absolute Gasteiger partial charge is 0.192 e. The molecule has 0 fully saturated rings. The SMILES string of the molecule is C=CCn1c(COc2ccc(F)cc2)nnc1S[C@H](C#N)Cc1ccc(C)cc1. The second-order valence-corrected chi connectivity index (χ2v) is 7.64. The van der Waals surface area contributed by atoms with Gasteiger partial charge in [0.2, 0.25) is 0 Å². The van der Waals surface area contributed by atoms with E-state index in [-0.39, 0.29) is 17.7 Å². The summed E-state index contributed by atoms with van der Waals surface area (Å²) in [5.41, 5.74) is 2.29. The molecule has 3 aromatic rings. The van der Waals surface area contributed by atoms with E-state index in [9.17, 15) is 9.65 Å². The highest BCUT2D eigenvalue weighted by Gasteiger charge is 2.18. The third-order valence-corrected chi connectivity index (χ3v) is 5.29. The molecule has 0 aliphatic heterocycles. The van der Waals surface area contributed by atoms with Crippen molar-refractivity contribution >= 4 is 11.8 Å². The molecule has 3 rings (SSSR count). The maximum absolute atomic E-state index is 13.0. The van der Waals surface area contributed by atoms with Crippen LogP contribution in [0.3, 0.4) is 0 Å². The summed E-state index contributed by atoms with van der Waals surface area (Å²) in [6, 6.07) is 16.3. The fourth-order valence-corrected chi connectivity index (χ4v) is 3.66. The van der Waals surface area contributed by atoms with Crippen LogP contribution in [0.2, 0.25) is 0 Å². The zero-order chi connectivity index (χ0) is 20.6. The quantitative estimate of drug-likeness (QED) is 0.379. The van der Waals surface area contributed by atoms with Crippen LogP contribution in [0.4, 0.5) is 4.39 Å². The average molecular weight is 409 g/mol. The third-order valence-electron chi connectivity index (χ3n) is 4.22. The summed E-state index contributed by atoms with van der Waals surface area (Å²) in [5, 5.41) is 18.4. The summed E-state index contributed by atoms with van der Waals surface area (Å²) >= 11 is 1.37. The number of benzene rings is 2. The number of ether oxygens (including phenoxy) is 1. The van der Waals surface area contributed by atoms with Gasteiger partial charge in [0.05, 0.1) is 6.07 Å². The number of thioether (sulfide) groups is 1. The second kappa shape index (κ2) is 9.89. The van der Waals surface area contributed by atoms with E-state index in [1.165, 1.54) is 29.5 Å². The zero-order valence-corrected chi connectivity index (χ0v) is 16.9. The van der Waals surface area contributed by atoms with E-state index in [1.54, 1.807) is 18.2 Å². The van der Waals surface area contributed by atoms with Crippen LogP contribution in [0.25, 0.3) is 0 Å². The van der Waals surface area contributed by atoms with E-state index in [0.717, 1.165) is 5.56 Å². The molecule has 0 unspecified atom stereocenters. The first-order chi connectivity index (χ1) is 14.1. The molecule has 0 aliphatic carbocycles. The summed E-state index contributed by atoms with van der Waals surface area (Å²) in [4.78, 5) is 0. The zero-order valence-electron chi connectivity index (χ0n) is 16.1. The molecule has 5 nitrogen and oxygen atoms in total. The van der Waals surface area contributed by atoms with Crippen molar-refractivity contribution in [2.75, 3.05) is 0 Å². The molecule has 0 radical (unpaired) electrons. The Morgan fingerprint density at radius 1 is 1.21 bits per heavy atom. The van der Waals surface area contributed by atoms with Crippen LogP contribution in [0.5, 0.6) is 5.75 Å². The van der Waals surface area contributed by atoms with Gasteiger partial charge in [-0.3, -0.25) is 4.57 Å². The molecule has 7 heteroatoms. The van der Waals surface area contributed by atoms with Crippen molar-refractivity contribution in [2.45, 2.75) is 36.9 Å². The van der Waals surface area contributed by atoms with Crippen LogP contribution in [0.1, 0.15) is 17.0 Å². The summed E-state index contributed by atoms with van der Waals surface area (Å²) in [5.74, 6) is 0.841. The topological polar surface area (TPSA) is 63.7 Å². The number of allylic oxidation sites excluding steroid dienone is 1. The minimum Gasteiger partial charge on any atom is -0.486 e. The number of aryl methyl sites for hydroxylation is 1. The Morgan fingerprint density at radius 2 is 1.93 bits per heavy atom. The van der Waals surface area contributed by atoms with Gasteiger partial charge in [-0.1, -0.05) is 47.7 Å². The summed E-state index contributed by atoms with van der Waals surface area (Å²) in [6.45, 7) is 6.51. The molecule has 0 amide bonds. The predicted octanol–water partition coefficient (Wildman–Crippen LogP) is 4.72. The third kappa shape index (κ3) is 5.69. The van der Waals surface area contributed by atoms with Gasteiger partial charge in [0.25, 0.3) is 0 Å². The van der Waals surface area contributed by atoms with E-state index in [1.807, 2.05) is 35.8 Å². The van der Waals surface area contributed by atoms with Gasteiger partial charge in [-0.15, -0.1) is 16.8 Å². The van der Waals surface area contributed by atoms with E-state index in [4.69, 9.17) is 4.74 Å². The molecule has 0 spiro atoms. The van der Waals surface area contributed by atoms with Gasteiger partial charge in [0.15, 0.2) is 11.0 Å². The second-order valence-electron chi connectivity index (χ2n) is 6.47. The molecule has 0 saturated heterocycles. The summed E-state index contributed by atoms with van der Waals surface area (Å²) in [6.07, 6.45) is 2.36. The normalized spacial score (nSPS) is 11.6. The lowest BCUT2D eigenvalue weighted by Gasteiger charge is -2.11. The summed E-state index contributed by atoms with van der Waals surface area (Å²) in [7, 11) is 0. The van der Waals surface area contributed by atoms with Gasteiger partial charge in [0, 0.05) is 6.54 Å². The standard InChI is InChI=1S/C22H21FN4OS/c1-3-12-27-21(15-28-19-10-8-18(23)9-11-19)25-26-22(27)29-20(14-24)13-17-6-4-16(2)5-7-17/h3-11,20H,1,12-13,15H2,2H3/t20-/m0/s1. The van der Waals surface area contributed by atoms with Crippen molar-refractivity contribution in [1.82, 2.24) is 14.8 Å². The van der Waals surface area contributed by atoms with Crippen LogP contribution in [0.15, 0.2) is 66.3 Å². The fraction of sp³-hybridized carbons (Fsp3) is 0.227. The Hall–Kier alpha value is -3.11. The molecular formula is C22H21FN4OS. The maximum Gasteiger partial charge on any atom is 0.192 e. The number of nitrogens with zero attached hydrogens (tertiary/aromatic N) is 4. The Balaban J connectivity index is 1.70. The Morgan fingerprint density at radius 3 is 2.59 bits per heavy atom. The highest BCUT2D eigenvalue weighted by atomic mass is 32.2. The Bertz CT molecular complexity index is 993. The lowest BCUT2D eigenvalue weighted by molar-refractivity contribution is 0.288. The lowest BCUT2D eigenvalue weighted by Crippen LogP contribution is -2.10. The highest BCUT2D eigenvalue weighted by molar-refractivity contribution is 8.00. The van der Waals surface area contributed by atoms with Crippen molar-refractivity contribution in [2.24, 2.45) is 0 Å². The van der Waals surface area contributed by atoms with E-state index < -0.39 is 0 Å². The van der Waals surface area contributed by atoms with Crippen LogP contribution in [-0.2, 0) is 19.6 Å². The highest BCUT2D eigenvalue weighted by Crippen LogP contribution is 2.25. The molecule has 1 heterocycles. The molecule has 1 atom stereocenters. The van der Waals surface area contributed by atoms with Crippen LogP contribution in [-0.4, -0.2) is 20.0 Å². The molecule has 0 saturated carbocycles. The molecule has 1 aromatic heterocycles. The molecule has 0 bridgehead atoms. The molecule has 0 N–H and O–H groups in total. The minimum absolute atomic E-state index is 0.183. The van der Waals surface area contributed by atoms with Crippen molar-refractivity contribution in [3.8, 4) is 11.8 Å². The molecule has 29 heavy (non-hydrogen) atoms. The molecule has 0 aliphatic rings. The molecular weight excluding hydrogens is 387 g/mol. The summed E-state index contributed by atoms with van der Waals surface area (Å²) < 4.78 is 20.6. The lowest BCUT2D eigenvalue weighted by atomic mass is 10.1. The van der Waals surface area contributed by atoms with E-state index in [0.29, 0.717) is 29.7 Å². The van der Waals surface area contributed by atoms with E-state index >= 15 is 0 Å². The largest absolute Gasteiger partial charge is 0.486 e. The van der Waals surface area contributed by atoms with Crippen molar-refractivity contribution < 1.29 is 9.13 Å². The first-order valence-electron chi connectivity index (χ1n) is 9.12. The van der Waals surface area contributed by atoms with Crippen molar-refractivity contribution in [3.63, 3.8) is 0 Å². The number of aromatic nitrogens is 3. The first kappa shape index (κ1) is 20.6. The Kier molecular flexibility index (Phi) is 7.04. The van der Waals surface area contributed by atoms with Gasteiger partial charge in [-0.2, -0.15) is 5.26 Å². The van der Waals surface area contributed by atoms with Crippen molar-refractivity contribution in [1.29, 1.82) is 5.26 Å². The monoisotopic (exact) mass is 408 g/mol. The average Bonchev–Trinajstić information content (AvgIpc) is 3.10. The number of hydrogen-bond acceptors (Lipinski definition) is 5. The number of nitriles is 1. The first-order valence-corrected chi connectivity index (χ1v) is 10.00. The van der Waals surface area contributed by atoms with Crippen LogP contribution in [0, 0.1) is 24.1 Å². The predicted molar refractivity (Wildman–Crippen MR) is 111 cm³/mol. The minimum atomic E-state index is -0.318. The van der Waals surface area contributed by atoms with Gasteiger partial charge >= 0.3 is 0 Å². The number of rotatable bonds is 9. The fourth-order valence-electron chi connectivity index (χ4n) is 2.68.